The number of nitrogens with two attached hydrogens (primary N) is 2. The van der Waals surface area contributed by atoms with Gasteiger partial charge < -0.3 is 20.9 Å². The first-order valence-electron chi connectivity index (χ1n) is 3.21. The Balaban J connectivity index is 3.38. The SMILES string of the molecule is COC[C@H](N)[C@@H](N)COC. The van der Waals surface area contributed by atoms with Crippen molar-refractivity contribution >= 4 is 0 Å². The van der Waals surface area contributed by atoms with Crippen LogP contribution in [0.2, 0.25) is 0 Å². The minimum absolute atomic E-state index is 0.134. The lowest BCUT2D eigenvalue weighted by molar-refractivity contribution is 0.130. The fourth-order valence-electron chi connectivity index (χ4n) is 0.632. The van der Waals surface area contributed by atoms with Gasteiger partial charge in [0.15, 0.2) is 0 Å². The fourth-order valence-corrected chi connectivity index (χ4v) is 0.632. The summed E-state index contributed by atoms with van der Waals surface area (Å²) in [6.07, 6.45) is 0. The van der Waals surface area contributed by atoms with Gasteiger partial charge in [0.05, 0.1) is 13.2 Å². The Hall–Kier alpha value is -0.160. The molecular weight excluding hydrogens is 132 g/mol. The maximum atomic E-state index is 5.58. The molecule has 0 aromatic rings. The quantitative estimate of drug-likeness (QED) is 0.521. The normalized spacial score (nSPS) is 16.8. The molecule has 4 N–H and O–H groups in total. The van der Waals surface area contributed by atoms with Crippen molar-refractivity contribution in [1.82, 2.24) is 0 Å². The van der Waals surface area contributed by atoms with Crippen LogP contribution >= 0.6 is 0 Å². The van der Waals surface area contributed by atoms with Gasteiger partial charge in [0, 0.05) is 26.3 Å². The van der Waals surface area contributed by atoms with Gasteiger partial charge >= 0.3 is 0 Å². The molecule has 0 rings (SSSR count). The lowest BCUT2D eigenvalue weighted by Gasteiger charge is -2.17. The van der Waals surface area contributed by atoms with Gasteiger partial charge in [0.1, 0.15) is 0 Å². The second kappa shape index (κ2) is 5.61. The van der Waals surface area contributed by atoms with E-state index in [9.17, 15) is 0 Å². The Morgan fingerprint density at radius 2 is 1.30 bits per heavy atom. The van der Waals surface area contributed by atoms with Crippen molar-refractivity contribution in [2.24, 2.45) is 11.5 Å². The zero-order valence-electron chi connectivity index (χ0n) is 6.54. The molecule has 4 heteroatoms. The third-order valence-corrected chi connectivity index (χ3v) is 1.27. The van der Waals surface area contributed by atoms with Gasteiger partial charge in [0.25, 0.3) is 0 Å². The summed E-state index contributed by atoms with van der Waals surface area (Å²) in [5, 5.41) is 0. The first-order chi connectivity index (χ1) is 4.72. The second-order valence-corrected chi connectivity index (χ2v) is 2.24. The summed E-state index contributed by atoms with van der Waals surface area (Å²) in [6.45, 7) is 0.953. The number of methoxy groups -OCH3 is 2. The summed E-state index contributed by atoms with van der Waals surface area (Å²) >= 11 is 0. The molecule has 0 aliphatic carbocycles. The Bertz CT molecular complexity index is 70.1. The highest BCUT2D eigenvalue weighted by Gasteiger charge is 2.11. The molecule has 4 nitrogen and oxygen atoms in total. The average Bonchev–Trinajstić information content (AvgIpc) is 1.89. The van der Waals surface area contributed by atoms with Gasteiger partial charge in [0.2, 0.25) is 0 Å². The Labute approximate surface area is 61.5 Å². The van der Waals surface area contributed by atoms with Crippen LogP contribution in [0.3, 0.4) is 0 Å². The van der Waals surface area contributed by atoms with E-state index >= 15 is 0 Å². The zero-order valence-corrected chi connectivity index (χ0v) is 6.54. The molecule has 0 bridgehead atoms. The zero-order chi connectivity index (χ0) is 7.98. The van der Waals surface area contributed by atoms with E-state index in [-0.39, 0.29) is 12.1 Å². The van der Waals surface area contributed by atoms with E-state index < -0.39 is 0 Å². The van der Waals surface area contributed by atoms with Crippen molar-refractivity contribution in [3.63, 3.8) is 0 Å². The van der Waals surface area contributed by atoms with E-state index in [1.165, 1.54) is 0 Å². The van der Waals surface area contributed by atoms with Crippen molar-refractivity contribution in [3.8, 4) is 0 Å². The van der Waals surface area contributed by atoms with Crippen LogP contribution in [0.1, 0.15) is 0 Å². The molecule has 0 unspecified atom stereocenters. The van der Waals surface area contributed by atoms with Gasteiger partial charge in [-0.05, 0) is 0 Å². The molecular formula is C6H16N2O2. The first-order valence-corrected chi connectivity index (χ1v) is 3.21. The van der Waals surface area contributed by atoms with E-state index in [0.717, 1.165) is 0 Å². The average molecular weight is 148 g/mol. The van der Waals surface area contributed by atoms with Crippen LogP contribution in [0.25, 0.3) is 0 Å². The fraction of sp³-hybridized carbons (Fsp3) is 1.00. The maximum Gasteiger partial charge on any atom is 0.0629 e. The topological polar surface area (TPSA) is 70.5 Å². The Kier molecular flexibility index (Phi) is 5.52. The van der Waals surface area contributed by atoms with Crippen LogP contribution in [0.5, 0.6) is 0 Å². The first kappa shape index (κ1) is 9.84. The van der Waals surface area contributed by atoms with Crippen LogP contribution in [0.15, 0.2) is 0 Å². The van der Waals surface area contributed by atoms with Gasteiger partial charge in [-0.2, -0.15) is 0 Å². The van der Waals surface area contributed by atoms with E-state index in [1.54, 1.807) is 14.2 Å². The molecule has 62 valence electrons. The highest BCUT2D eigenvalue weighted by Crippen LogP contribution is 1.87. The highest BCUT2D eigenvalue weighted by atomic mass is 16.5. The number of hydrogen-bond acceptors (Lipinski definition) is 4. The molecule has 0 fully saturated rings. The van der Waals surface area contributed by atoms with Gasteiger partial charge in [-0.3, -0.25) is 0 Å². The third-order valence-electron chi connectivity index (χ3n) is 1.27. The number of ether oxygens (including phenoxy) is 2. The summed E-state index contributed by atoms with van der Waals surface area (Å²) in [7, 11) is 3.19. The number of rotatable bonds is 5. The van der Waals surface area contributed by atoms with Gasteiger partial charge in [-0.15, -0.1) is 0 Å². The van der Waals surface area contributed by atoms with Crippen molar-refractivity contribution in [2.45, 2.75) is 12.1 Å². The lowest BCUT2D eigenvalue weighted by atomic mass is 10.2. The standard InChI is InChI=1S/C6H16N2O2/c1-9-3-5(7)6(8)4-10-2/h5-6H,3-4,7-8H2,1-2H3/t5-,6-/m0/s1. The second-order valence-electron chi connectivity index (χ2n) is 2.24. The van der Waals surface area contributed by atoms with E-state index in [4.69, 9.17) is 20.9 Å². The van der Waals surface area contributed by atoms with Gasteiger partial charge in [-0.1, -0.05) is 0 Å². The molecule has 10 heavy (non-hydrogen) atoms. The predicted molar refractivity (Wildman–Crippen MR) is 39.7 cm³/mol. The van der Waals surface area contributed by atoms with E-state index in [0.29, 0.717) is 13.2 Å². The number of hydrogen-bond donors (Lipinski definition) is 2. The van der Waals surface area contributed by atoms with E-state index in [2.05, 4.69) is 0 Å². The molecule has 2 atom stereocenters. The summed E-state index contributed by atoms with van der Waals surface area (Å²) in [5.74, 6) is 0. The summed E-state index contributed by atoms with van der Waals surface area (Å²) < 4.78 is 9.62. The molecule has 0 saturated heterocycles. The van der Waals surface area contributed by atoms with Crippen molar-refractivity contribution in [2.75, 3.05) is 27.4 Å². The minimum Gasteiger partial charge on any atom is -0.383 e. The van der Waals surface area contributed by atoms with E-state index in [1.807, 2.05) is 0 Å². The monoisotopic (exact) mass is 148 g/mol. The molecule has 0 saturated carbocycles. The highest BCUT2D eigenvalue weighted by molar-refractivity contribution is 4.74. The van der Waals surface area contributed by atoms with Crippen LogP contribution in [-0.4, -0.2) is 39.5 Å². The van der Waals surface area contributed by atoms with Crippen molar-refractivity contribution < 1.29 is 9.47 Å². The largest absolute Gasteiger partial charge is 0.383 e. The lowest BCUT2D eigenvalue weighted by Crippen LogP contribution is -2.47. The minimum atomic E-state index is -0.134. The van der Waals surface area contributed by atoms with Crippen molar-refractivity contribution in [1.29, 1.82) is 0 Å². The Morgan fingerprint density at radius 1 is 1.00 bits per heavy atom. The van der Waals surface area contributed by atoms with Crippen LogP contribution in [0.4, 0.5) is 0 Å². The third kappa shape index (κ3) is 3.79. The maximum absolute atomic E-state index is 5.58. The van der Waals surface area contributed by atoms with Gasteiger partial charge in [-0.25, -0.2) is 0 Å². The van der Waals surface area contributed by atoms with Crippen LogP contribution < -0.4 is 11.5 Å². The molecule has 0 aromatic heterocycles. The summed E-state index contributed by atoms with van der Waals surface area (Å²) in [6, 6.07) is -0.269. The molecule has 0 radical (unpaired) electrons. The van der Waals surface area contributed by atoms with Crippen LogP contribution in [-0.2, 0) is 9.47 Å². The Morgan fingerprint density at radius 3 is 1.50 bits per heavy atom. The van der Waals surface area contributed by atoms with Crippen molar-refractivity contribution in [3.05, 3.63) is 0 Å². The summed E-state index contributed by atoms with van der Waals surface area (Å²) in [4.78, 5) is 0. The molecule has 0 spiro atoms. The molecule has 0 heterocycles. The smallest absolute Gasteiger partial charge is 0.0629 e. The molecule has 0 aliphatic heterocycles. The molecule has 0 amide bonds. The molecule has 0 aromatic carbocycles. The predicted octanol–water partition coefficient (Wildman–Crippen LogP) is -1.07. The van der Waals surface area contributed by atoms with Crippen LogP contribution in [0, 0.1) is 0 Å². The summed E-state index contributed by atoms with van der Waals surface area (Å²) in [5.41, 5.74) is 11.2. The molecule has 0 aliphatic rings.